The molecule has 0 radical (unpaired) electrons. The quantitative estimate of drug-likeness (QED) is 0.900. The van der Waals surface area contributed by atoms with Crippen LogP contribution in [0.25, 0.3) is 0 Å². The summed E-state index contributed by atoms with van der Waals surface area (Å²) in [4.78, 5) is 16.2. The van der Waals surface area contributed by atoms with Gasteiger partial charge in [0.1, 0.15) is 5.01 Å². The predicted octanol–water partition coefficient (Wildman–Crippen LogP) is 2.40. The number of nitrogens with zero attached hydrogens (tertiary/aromatic N) is 1. The third-order valence-corrected chi connectivity index (χ3v) is 3.69. The van der Waals surface area contributed by atoms with Crippen LogP contribution in [0.1, 0.15) is 21.8 Å². The van der Waals surface area contributed by atoms with Gasteiger partial charge in [0.15, 0.2) is 0 Å². The second kappa shape index (κ2) is 5.95. The second-order valence-corrected chi connectivity index (χ2v) is 5.42. The highest BCUT2D eigenvalue weighted by molar-refractivity contribution is 7.09. The lowest BCUT2D eigenvalue weighted by Gasteiger charge is -2.08. The summed E-state index contributed by atoms with van der Waals surface area (Å²) in [5.74, 6) is -0.0548. The summed E-state index contributed by atoms with van der Waals surface area (Å²) in [6, 6.07) is 5.96. The van der Waals surface area contributed by atoms with E-state index in [9.17, 15) is 4.79 Å². The van der Waals surface area contributed by atoms with Crippen LogP contribution in [-0.2, 0) is 17.8 Å². The van der Waals surface area contributed by atoms with Crippen LogP contribution in [-0.4, -0.2) is 10.9 Å². The van der Waals surface area contributed by atoms with Crippen LogP contribution in [0, 0.1) is 13.8 Å². The Morgan fingerprint density at radius 2 is 2.21 bits per heavy atom. The Labute approximate surface area is 116 Å². The molecule has 4 nitrogen and oxygen atoms in total. The van der Waals surface area contributed by atoms with Crippen molar-refractivity contribution in [2.75, 3.05) is 5.32 Å². The molecule has 0 atom stereocenters. The molecular formula is C14H17N3OS. The van der Waals surface area contributed by atoms with Crippen LogP contribution >= 0.6 is 11.3 Å². The van der Waals surface area contributed by atoms with Crippen LogP contribution in [0.4, 0.5) is 5.69 Å². The molecule has 0 saturated carbocycles. The molecule has 3 N–H and O–H groups in total. The lowest BCUT2D eigenvalue weighted by atomic mass is 10.1. The number of hydrogen-bond acceptors (Lipinski definition) is 4. The first-order chi connectivity index (χ1) is 9.08. The van der Waals surface area contributed by atoms with Gasteiger partial charge in [0.25, 0.3) is 0 Å². The molecule has 1 aromatic carbocycles. The number of rotatable bonds is 4. The summed E-state index contributed by atoms with van der Waals surface area (Å²) in [5.41, 5.74) is 9.37. The van der Waals surface area contributed by atoms with Crippen LogP contribution in [0.15, 0.2) is 23.6 Å². The number of aromatic nitrogens is 1. The molecule has 0 spiro atoms. The van der Waals surface area contributed by atoms with Crippen molar-refractivity contribution in [2.24, 2.45) is 5.73 Å². The summed E-state index contributed by atoms with van der Waals surface area (Å²) < 4.78 is 0. The Morgan fingerprint density at radius 1 is 1.42 bits per heavy atom. The average molecular weight is 275 g/mol. The highest BCUT2D eigenvalue weighted by atomic mass is 32.1. The summed E-state index contributed by atoms with van der Waals surface area (Å²) in [6.07, 6.45) is 0.282. The van der Waals surface area contributed by atoms with E-state index >= 15 is 0 Å². The van der Waals surface area contributed by atoms with E-state index in [1.807, 2.05) is 37.4 Å². The van der Waals surface area contributed by atoms with Crippen LogP contribution in [0.3, 0.4) is 0 Å². The van der Waals surface area contributed by atoms with Crippen molar-refractivity contribution in [1.29, 1.82) is 0 Å². The van der Waals surface area contributed by atoms with Gasteiger partial charge in [-0.15, -0.1) is 11.3 Å². The third kappa shape index (κ3) is 3.62. The SMILES string of the molecule is Cc1ccc(NC(=O)Cc2csc(CN)n2)c(C)c1. The van der Waals surface area contributed by atoms with Gasteiger partial charge in [0, 0.05) is 17.6 Å². The molecule has 2 aromatic rings. The van der Waals surface area contributed by atoms with Gasteiger partial charge in [-0.3, -0.25) is 4.79 Å². The van der Waals surface area contributed by atoms with Crippen molar-refractivity contribution in [3.05, 3.63) is 45.4 Å². The molecule has 0 unspecified atom stereocenters. The Kier molecular flexibility index (Phi) is 4.29. The molecule has 0 aliphatic heterocycles. The molecule has 100 valence electrons. The summed E-state index contributed by atoms with van der Waals surface area (Å²) in [5, 5.41) is 5.64. The summed E-state index contributed by atoms with van der Waals surface area (Å²) in [6.45, 7) is 4.43. The summed E-state index contributed by atoms with van der Waals surface area (Å²) >= 11 is 1.49. The van der Waals surface area contributed by atoms with Gasteiger partial charge < -0.3 is 11.1 Å². The van der Waals surface area contributed by atoms with Crippen molar-refractivity contribution in [3.8, 4) is 0 Å². The van der Waals surface area contributed by atoms with E-state index in [1.165, 1.54) is 16.9 Å². The van der Waals surface area contributed by atoms with Gasteiger partial charge in [-0.25, -0.2) is 4.98 Å². The standard InChI is InChI=1S/C14H17N3OS/c1-9-3-4-12(10(2)5-9)17-13(18)6-11-8-19-14(7-15)16-11/h3-5,8H,6-7,15H2,1-2H3,(H,17,18). The number of aryl methyl sites for hydroxylation is 2. The van der Waals surface area contributed by atoms with Gasteiger partial charge in [0.2, 0.25) is 5.91 Å². The zero-order valence-electron chi connectivity index (χ0n) is 11.1. The lowest BCUT2D eigenvalue weighted by molar-refractivity contribution is -0.115. The summed E-state index contributed by atoms with van der Waals surface area (Å²) in [7, 11) is 0. The molecular weight excluding hydrogens is 258 g/mol. The maximum absolute atomic E-state index is 11.9. The van der Waals surface area contributed by atoms with Crippen molar-refractivity contribution < 1.29 is 4.79 Å². The van der Waals surface area contributed by atoms with Crippen molar-refractivity contribution in [3.63, 3.8) is 0 Å². The molecule has 0 fully saturated rings. The molecule has 1 heterocycles. The van der Waals surface area contributed by atoms with Crippen molar-refractivity contribution >= 4 is 22.9 Å². The van der Waals surface area contributed by atoms with Crippen LogP contribution in [0.5, 0.6) is 0 Å². The molecule has 0 bridgehead atoms. The molecule has 5 heteroatoms. The first kappa shape index (κ1) is 13.7. The van der Waals surface area contributed by atoms with E-state index in [2.05, 4.69) is 10.3 Å². The first-order valence-electron chi connectivity index (χ1n) is 6.09. The highest BCUT2D eigenvalue weighted by Crippen LogP contribution is 2.16. The maximum atomic E-state index is 11.9. The van der Waals surface area contributed by atoms with Crippen molar-refractivity contribution in [2.45, 2.75) is 26.8 Å². The molecule has 1 amide bonds. The zero-order valence-corrected chi connectivity index (χ0v) is 11.9. The number of carbonyl (C=O) groups excluding carboxylic acids is 1. The van der Waals surface area contributed by atoms with Gasteiger partial charge in [0.05, 0.1) is 12.1 Å². The first-order valence-corrected chi connectivity index (χ1v) is 6.97. The monoisotopic (exact) mass is 275 g/mol. The third-order valence-electron chi connectivity index (χ3n) is 2.77. The molecule has 19 heavy (non-hydrogen) atoms. The highest BCUT2D eigenvalue weighted by Gasteiger charge is 2.08. The van der Waals surface area contributed by atoms with E-state index in [0.29, 0.717) is 6.54 Å². The number of carbonyl (C=O) groups is 1. The lowest BCUT2D eigenvalue weighted by Crippen LogP contribution is -2.15. The minimum Gasteiger partial charge on any atom is -0.326 e. The molecule has 0 saturated heterocycles. The van der Waals surface area contributed by atoms with E-state index in [-0.39, 0.29) is 12.3 Å². The Morgan fingerprint density at radius 3 is 2.84 bits per heavy atom. The second-order valence-electron chi connectivity index (χ2n) is 4.48. The van der Waals surface area contributed by atoms with Crippen LogP contribution in [0.2, 0.25) is 0 Å². The number of thiazole rings is 1. The number of benzene rings is 1. The average Bonchev–Trinajstić information content (AvgIpc) is 2.80. The van der Waals surface area contributed by atoms with Gasteiger partial charge in [-0.2, -0.15) is 0 Å². The number of nitrogens with one attached hydrogen (secondary N) is 1. The smallest absolute Gasteiger partial charge is 0.230 e. The van der Waals surface area contributed by atoms with Crippen LogP contribution < -0.4 is 11.1 Å². The molecule has 1 aromatic heterocycles. The Bertz CT molecular complexity index is 592. The number of hydrogen-bond donors (Lipinski definition) is 2. The minimum atomic E-state index is -0.0548. The minimum absolute atomic E-state index is 0.0548. The number of nitrogens with two attached hydrogens (primary N) is 1. The molecule has 0 aliphatic rings. The largest absolute Gasteiger partial charge is 0.326 e. The normalized spacial score (nSPS) is 10.5. The van der Waals surface area contributed by atoms with E-state index in [1.54, 1.807) is 0 Å². The number of anilines is 1. The Hall–Kier alpha value is -1.72. The number of amides is 1. The van der Waals surface area contributed by atoms with Gasteiger partial charge >= 0.3 is 0 Å². The fourth-order valence-corrected chi connectivity index (χ4v) is 2.51. The van der Waals surface area contributed by atoms with Gasteiger partial charge in [-0.05, 0) is 25.5 Å². The van der Waals surface area contributed by atoms with E-state index < -0.39 is 0 Å². The topological polar surface area (TPSA) is 68.0 Å². The fourth-order valence-electron chi connectivity index (χ4n) is 1.84. The fraction of sp³-hybridized carbons (Fsp3) is 0.286. The molecule has 2 rings (SSSR count). The van der Waals surface area contributed by atoms with Crippen molar-refractivity contribution in [1.82, 2.24) is 4.98 Å². The predicted molar refractivity (Wildman–Crippen MR) is 78.3 cm³/mol. The zero-order chi connectivity index (χ0) is 13.8. The van der Waals surface area contributed by atoms with Gasteiger partial charge in [-0.1, -0.05) is 17.7 Å². The maximum Gasteiger partial charge on any atom is 0.230 e. The van der Waals surface area contributed by atoms with E-state index in [0.717, 1.165) is 22.0 Å². The Balaban J connectivity index is 2.01. The molecule has 0 aliphatic carbocycles. The van der Waals surface area contributed by atoms with E-state index in [4.69, 9.17) is 5.73 Å².